The van der Waals surface area contributed by atoms with Gasteiger partial charge >= 0.3 is 5.97 Å². The van der Waals surface area contributed by atoms with Crippen LogP contribution in [0.4, 0.5) is 5.69 Å². The van der Waals surface area contributed by atoms with Crippen molar-refractivity contribution < 1.29 is 18.7 Å². The third kappa shape index (κ3) is 4.83. The molecule has 0 fully saturated rings. The van der Waals surface area contributed by atoms with Gasteiger partial charge in [0, 0.05) is 11.6 Å². The van der Waals surface area contributed by atoms with Gasteiger partial charge in [0.25, 0.3) is 5.91 Å². The molecule has 0 unspecified atom stereocenters. The van der Waals surface area contributed by atoms with Crippen molar-refractivity contribution >= 4 is 23.6 Å². The first-order chi connectivity index (χ1) is 14.5. The Morgan fingerprint density at radius 1 is 1.10 bits per heavy atom. The monoisotopic (exact) mass is 400 g/mol. The van der Waals surface area contributed by atoms with Crippen LogP contribution in [0.1, 0.15) is 28.6 Å². The number of aryl methyl sites for hydroxylation is 1. The van der Waals surface area contributed by atoms with E-state index in [0.29, 0.717) is 11.5 Å². The number of benzene rings is 2. The number of rotatable bonds is 6. The first-order valence-corrected chi connectivity index (χ1v) is 9.38. The molecule has 0 saturated carbocycles. The number of esters is 1. The highest BCUT2D eigenvalue weighted by molar-refractivity contribution is 6.11. The highest BCUT2D eigenvalue weighted by atomic mass is 16.5. The van der Waals surface area contributed by atoms with Crippen molar-refractivity contribution in [2.45, 2.75) is 13.8 Å². The number of furan rings is 1. The number of hydrogen-bond acceptors (Lipinski definition) is 5. The Labute approximate surface area is 174 Å². The van der Waals surface area contributed by atoms with E-state index in [1.807, 2.05) is 37.3 Å². The summed E-state index contributed by atoms with van der Waals surface area (Å²) < 4.78 is 10.8. The lowest BCUT2D eigenvalue weighted by molar-refractivity contribution is -0.112. The molecule has 1 aromatic heterocycles. The molecule has 1 N–H and O–H groups in total. The summed E-state index contributed by atoms with van der Waals surface area (Å²) in [4.78, 5) is 24.7. The van der Waals surface area contributed by atoms with Crippen molar-refractivity contribution in [2.75, 3.05) is 11.9 Å². The molecule has 0 aliphatic carbocycles. The van der Waals surface area contributed by atoms with Gasteiger partial charge in [0.2, 0.25) is 0 Å². The lowest BCUT2D eigenvalue weighted by Crippen LogP contribution is -2.17. The maximum atomic E-state index is 12.6. The third-order valence-electron chi connectivity index (χ3n) is 4.29. The van der Waals surface area contributed by atoms with Crippen molar-refractivity contribution in [3.8, 4) is 17.4 Å². The van der Waals surface area contributed by atoms with Crippen LogP contribution in [0.15, 0.2) is 70.7 Å². The fourth-order valence-electron chi connectivity index (χ4n) is 2.76. The van der Waals surface area contributed by atoms with Gasteiger partial charge in [-0.05, 0) is 38.1 Å². The van der Waals surface area contributed by atoms with Gasteiger partial charge in [-0.2, -0.15) is 5.26 Å². The molecule has 0 aliphatic rings. The zero-order valence-electron chi connectivity index (χ0n) is 16.6. The van der Waals surface area contributed by atoms with E-state index < -0.39 is 11.9 Å². The number of anilines is 1. The average molecular weight is 400 g/mol. The van der Waals surface area contributed by atoms with Crippen LogP contribution in [0.2, 0.25) is 0 Å². The topological polar surface area (TPSA) is 92.3 Å². The number of nitrogens with zero attached hydrogens (tertiary/aromatic N) is 1. The molecule has 2 aromatic carbocycles. The Balaban J connectivity index is 1.81. The minimum Gasteiger partial charge on any atom is -0.462 e. The summed E-state index contributed by atoms with van der Waals surface area (Å²) in [6.45, 7) is 3.91. The number of carbonyl (C=O) groups excluding carboxylic acids is 2. The zero-order valence-corrected chi connectivity index (χ0v) is 16.6. The molecule has 0 spiro atoms. The predicted octanol–water partition coefficient (Wildman–Crippen LogP) is 4.98. The quantitative estimate of drug-likeness (QED) is 0.358. The van der Waals surface area contributed by atoms with Gasteiger partial charge in [0.15, 0.2) is 0 Å². The Bertz CT molecular complexity index is 1130. The Morgan fingerprint density at radius 2 is 1.83 bits per heavy atom. The van der Waals surface area contributed by atoms with Crippen molar-refractivity contribution in [1.29, 1.82) is 5.26 Å². The van der Waals surface area contributed by atoms with Crippen LogP contribution in [-0.2, 0) is 9.53 Å². The van der Waals surface area contributed by atoms with Gasteiger partial charge in [-0.1, -0.05) is 42.0 Å². The number of carbonyl (C=O) groups is 2. The SMILES string of the molecule is CCOC(=O)c1ccccc1NC(=O)/C(C#N)=C/c1ccc(-c2ccc(C)cc2)o1. The maximum absolute atomic E-state index is 12.6. The molecule has 0 saturated heterocycles. The normalized spacial score (nSPS) is 10.9. The van der Waals surface area contributed by atoms with Gasteiger partial charge in [-0.3, -0.25) is 4.79 Å². The molecule has 1 amide bonds. The van der Waals surface area contributed by atoms with Crippen LogP contribution in [0.25, 0.3) is 17.4 Å². The molecular formula is C24H20N2O4. The van der Waals surface area contributed by atoms with E-state index >= 15 is 0 Å². The lowest BCUT2D eigenvalue weighted by Gasteiger charge is -2.09. The first kappa shape index (κ1) is 20.6. The van der Waals surface area contributed by atoms with Gasteiger partial charge in [0.05, 0.1) is 17.9 Å². The second-order valence-electron chi connectivity index (χ2n) is 6.46. The number of para-hydroxylation sites is 1. The van der Waals surface area contributed by atoms with E-state index in [9.17, 15) is 14.9 Å². The number of amides is 1. The summed E-state index contributed by atoms with van der Waals surface area (Å²) in [7, 11) is 0. The molecular weight excluding hydrogens is 380 g/mol. The van der Waals surface area contributed by atoms with Crippen molar-refractivity contribution in [2.24, 2.45) is 0 Å². The lowest BCUT2D eigenvalue weighted by atomic mass is 10.1. The fourth-order valence-corrected chi connectivity index (χ4v) is 2.76. The van der Waals surface area contributed by atoms with E-state index in [1.54, 1.807) is 43.3 Å². The molecule has 6 nitrogen and oxygen atoms in total. The highest BCUT2D eigenvalue weighted by Crippen LogP contribution is 2.24. The van der Waals surface area contributed by atoms with E-state index in [1.165, 1.54) is 6.08 Å². The minimum atomic E-state index is -0.650. The van der Waals surface area contributed by atoms with Gasteiger partial charge < -0.3 is 14.5 Å². The third-order valence-corrected chi connectivity index (χ3v) is 4.29. The number of nitriles is 1. The van der Waals surface area contributed by atoms with E-state index in [4.69, 9.17) is 9.15 Å². The molecule has 6 heteroatoms. The number of nitrogens with one attached hydrogen (secondary N) is 1. The van der Waals surface area contributed by atoms with Crippen LogP contribution < -0.4 is 5.32 Å². The summed E-state index contributed by atoms with van der Waals surface area (Å²) in [6, 6.07) is 19.6. The fraction of sp³-hybridized carbons (Fsp3) is 0.125. The van der Waals surface area contributed by atoms with E-state index in [0.717, 1.165) is 11.1 Å². The van der Waals surface area contributed by atoms with Crippen LogP contribution in [-0.4, -0.2) is 18.5 Å². The first-order valence-electron chi connectivity index (χ1n) is 9.38. The van der Waals surface area contributed by atoms with Gasteiger partial charge in [-0.15, -0.1) is 0 Å². The summed E-state index contributed by atoms with van der Waals surface area (Å²) in [5.74, 6) is -0.199. The second-order valence-corrected chi connectivity index (χ2v) is 6.46. The Hall–Kier alpha value is -4.11. The molecule has 3 aromatic rings. The zero-order chi connectivity index (χ0) is 21.5. The van der Waals surface area contributed by atoms with Crippen LogP contribution in [0.3, 0.4) is 0 Å². The van der Waals surface area contributed by atoms with E-state index in [2.05, 4.69) is 5.32 Å². The standard InChI is InChI=1S/C24H20N2O4/c1-3-29-24(28)20-6-4-5-7-21(20)26-23(27)18(15-25)14-19-12-13-22(30-19)17-10-8-16(2)9-11-17/h4-14H,3H2,1-2H3,(H,26,27)/b18-14+. The minimum absolute atomic E-state index is 0.154. The molecule has 0 radical (unpaired) electrons. The molecule has 1 heterocycles. The van der Waals surface area contributed by atoms with Crippen molar-refractivity contribution in [3.63, 3.8) is 0 Å². The van der Waals surface area contributed by atoms with Crippen LogP contribution >= 0.6 is 0 Å². The largest absolute Gasteiger partial charge is 0.462 e. The molecule has 0 atom stereocenters. The molecule has 0 aliphatic heterocycles. The van der Waals surface area contributed by atoms with E-state index in [-0.39, 0.29) is 23.4 Å². The Kier molecular flexibility index (Phi) is 6.46. The number of hydrogen-bond donors (Lipinski definition) is 1. The Morgan fingerprint density at radius 3 is 2.53 bits per heavy atom. The second kappa shape index (κ2) is 9.39. The molecule has 3 rings (SSSR count). The summed E-state index contributed by atoms with van der Waals surface area (Å²) in [5.41, 5.74) is 2.36. The van der Waals surface area contributed by atoms with Gasteiger partial charge in [-0.25, -0.2) is 4.79 Å². The molecule has 0 bridgehead atoms. The predicted molar refractivity (Wildman–Crippen MR) is 113 cm³/mol. The van der Waals surface area contributed by atoms with Crippen LogP contribution in [0, 0.1) is 18.3 Å². The number of ether oxygens (including phenoxy) is 1. The maximum Gasteiger partial charge on any atom is 0.340 e. The van der Waals surface area contributed by atoms with Crippen LogP contribution in [0.5, 0.6) is 0 Å². The summed E-state index contributed by atoms with van der Waals surface area (Å²) >= 11 is 0. The highest BCUT2D eigenvalue weighted by Gasteiger charge is 2.17. The molecule has 150 valence electrons. The van der Waals surface area contributed by atoms with Crippen molar-refractivity contribution in [3.05, 3.63) is 83.1 Å². The smallest absolute Gasteiger partial charge is 0.340 e. The van der Waals surface area contributed by atoms with Gasteiger partial charge in [0.1, 0.15) is 23.2 Å². The van der Waals surface area contributed by atoms with Crippen molar-refractivity contribution in [1.82, 2.24) is 0 Å². The average Bonchev–Trinajstić information content (AvgIpc) is 3.21. The summed E-state index contributed by atoms with van der Waals surface area (Å²) in [6.07, 6.45) is 1.36. The molecule has 30 heavy (non-hydrogen) atoms. The summed E-state index contributed by atoms with van der Waals surface area (Å²) in [5, 5.41) is 12.0.